The molecule has 3 heterocycles. The van der Waals surface area contributed by atoms with E-state index in [9.17, 15) is 0 Å². The number of thioether (sulfide) groups is 1. The van der Waals surface area contributed by atoms with Crippen molar-refractivity contribution in [2.24, 2.45) is 0 Å². The maximum atomic E-state index is 5.92. The van der Waals surface area contributed by atoms with E-state index in [4.69, 9.17) is 9.72 Å². The van der Waals surface area contributed by atoms with Gasteiger partial charge in [-0.25, -0.2) is 4.98 Å². The lowest BCUT2D eigenvalue weighted by Crippen LogP contribution is -2.48. The molecule has 2 unspecified atom stereocenters. The van der Waals surface area contributed by atoms with Gasteiger partial charge in [0, 0.05) is 25.4 Å². The lowest BCUT2D eigenvalue weighted by atomic mass is 10.1. The molecule has 0 bridgehead atoms. The summed E-state index contributed by atoms with van der Waals surface area (Å²) in [7, 11) is 2.18. The van der Waals surface area contributed by atoms with Gasteiger partial charge in [-0.15, -0.1) is 11.8 Å². The lowest BCUT2D eigenvalue weighted by molar-refractivity contribution is -0.0362. The van der Waals surface area contributed by atoms with Gasteiger partial charge in [0.05, 0.1) is 31.1 Å². The molecule has 2 fully saturated rings. The summed E-state index contributed by atoms with van der Waals surface area (Å²) in [6, 6.07) is 10.9. The topological polar surface area (TPSA) is 41.5 Å². The highest BCUT2D eigenvalue weighted by Gasteiger charge is 2.39. The summed E-state index contributed by atoms with van der Waals surface area (Å²) in [5, 5.41) is 0.973. The molecule has 126 valence electrons. The second-order valence-electron chi connectivity index (χ2n) is 6.35. The van der Waals surface area contributed by atoms with Gasteiger partial charge in [0.15, 0.2) is 0 Å². The van der Waals surface area contributed by atoms with Crippen LogP contribution >= 0.6 is 11.8 Å². The molecule has 1 aromatic carbocycles. The summed E-state index contributed by atoms with van der Waals surface area (Å²) in [4.78, 5) is 13.9. The molecular formula is C18H22N4OS. The second-order valence-corrected chi connectivity index (χ2v) is 7.35. The van der Waals surface area contributed by atoms with Crippen molar-refractivity contribution in [3.63, 3.8) is 0 Å². The van der Waals surface area contributed by atoms with Crippen molar-refractivity contribution in [1.82, 2.24) is 14.9 Å². The van der Waals surface area contributed by atoms with Crippen LogP contribution in [-0.4, -0.2) is 60.3 Å². The fraction of sp³-hybridized carbons (Fsp3) is 0.444. The van der Waals surface area contributed by atoms with Crippen LogP contribution in [0, 0.1) is 0 Å². The number of anilines is 1. The van der Waals surface area contributed by atoms with Crippen LogP contribution in [0.1, 0.15) is 5.56 Å². The molecule has 2 saturated heterocycles. The Labute approximate surface area is 147 Å². The molecule has 4 rings (SSSR count). The summed E-state index contributed by atoms with van der Waals surface area (Å²) in [5.41, 5.74) is 1.30. The van der Waals surface area contributed by atoms with Crippen molar-refractivity contribution < 1.29 is 4.74 Å². The molecule has 0 aliphatic carbocycles. The van der Waals surface area contributed by atoms with Crippen LogP contribution < -0.4 is 4.90 Å². The largest absolute Gasteiger partial charge is 0.373 e. The number of fused-ring (bicyclic) bond motifs is 1. The average molecular weight is 342 g/mol. The van der Waals surface area contributed by atoms with Crippen molar-refractivity contribution >= 4 is 17.6 Å². The van der Waals surface area contributed by atoms with Crippen LogP contribution in [0.5, 0.6) is 0 Å². The van der Waals surface area contributed by atoms with Gasteiger partial charge in [-0.1, -0.05) is 30.3 Å². The van der Waals surface area contributed by atoms with Gasteiger partial charge in [-0.05, 0) is 12.6 Å². The molecule has 0 N–H and O–H groups in total. The standard InChI is InChI=1S/C18H22N4OS/c1-21-7-8-23-16-12-22(11-15(16)21)17-9-19-10-18(20-17)24-13-14-5-3-2-4-6-14/h2-6,9-10,15-16H,7-8,11-13H2,1H3. The fourth-order valence-corrected chi connectivity index (χ4v) is 4.14. The van der Waals surface area contributed by atoms with Gasteiger partial charge in [0.1, 0.15) is 10.8 Å². The maximum Gasteiger partial charge on any atom is 0.148 e. The van der Waals surface area contributed by atoms with E-state index in [0.29, 0.717) is 6.04 Å². The monoisotopic (exact) mass is 342 g/mol. The zero-order valence-corrected chi connectivity index (χ0v) is 14.7. The molecule has 1 aromatic heterocycles. The predicted molar refractivity (Wildman–Crippen MR) is 96.4 cm³/mol. The quantitative estimate of drug-likeness (QED) is 0.794. The molecule has 0 amide bonds. The highest BCUT2D eigenvalue weighted by Crippen LogP contribution is 2.27. The number of nitrogens with zero attached hydrogens (tertiary/aromatic N) is 4. The first kappa shape index (κ1) is 15.9. The Morgan fingerprint density at radius 3 is 2.92 bits per heavy atom. The van der Waals surface area contributed by atoms with E-state index in [0.717, 1.165) is 42.8 Å². The first-order chi connectivity index (χ1) is 11.8. The molecule has 0 saturated carbocycles. The van der Waals surface area contributed by atoms with E-state index in [1.807, 2.05) is 18.5 Å². The number of benzene rings is 1. The summed E-state index contributed by atoms with van der Waals surface area (Å²) in [5.74, 6) is 1.87. The van der Waals surface area contributed by atoms with Crippen molar-refractivity contribution in [3.8, 4) is 0 Å². The van der Waals surface area contributed by atoms with Crippen molar-refractivity contribution in [2.75, 3.05) is 38.2 Å². The minimum absolute atomic E-state index is 0.283. The Morgan fingerprint density at radius 2 is 2.08 bits per heavy atom. The SMILES string of the molecule is CN1CCOC2CN(c3cncc(SCc4ccccc4)n3)CC21. The third-order valence-corrected chi connectivity index (χ3v) is 5.70. The second kappa shape index (κ2) is 7.09. The van der Waals surface area contributed by atoms with E-state index in [1.165, 1.54) is 5.56 Å². The molecule has 0 radical (unpaired) electrons. The number of aromatic nitrogens is 2. The van der Waals surface area contributed by atoms with Crippen LogP contribution in [-0.2, 0) is 10.5 Å². The van der Waals surface area contributed by atoms with Crippen molar-refractivity contribution in [2.45, 2.75) is 22.9 Å². The Kier molecular flexibility index (Phi) is 4.69. The molecule has 2 aliphatic rings. The van der Waals surface area contributed by atoms with E-state index >= 15 is 0 Å². The van der Waals surface area contributed by atoms with Crippen LogP contribution in [0.3, 0.4) is 0 Å². The van der Waals surface area contributed by atoms with Gasteiger partial charge in [0.2, 0.25) is 0 Å². The van der Waals surface area contributed by atoms with Crippen molar-refractivity contribution in [1.29, 1.82) is 0 Å². The summed E-state index contributed by atoms with van der Waals surface area (Å²) >= 11 is 1.73. The van der Waals surface area contributed by atoms with E-state index in [2.05, 4.69) is 46.1 Å². The molecule has 6 heteroatoms. The predicted octanol–water partition coefficient (Wildman–Crippen LogP) is 2.29. The third-order valence-electron chi connectivity index (χ3n) is 4.73. The summed E-state index contributed by atoms with van der Waals surface area (Å²) in [6.45, 7) is 3.69. The summed E-state index contributed by atoms with van der Waals surface area (Å²) < 4.78 is 5.92. The Morgan fingerprint density at radius 1 is 1.21 bits per heavy atom. The van der Waals surface area contributed by atoms with E-state index < -0.39 is 0 Å². The highest BCUT2D eigenvalue weighted by molar-refractivity contribution is 7.98. The normalized spacial score (nSPS) is 24.1. The Balaban J connectivity index is 1.43. The maximum absolute atomic E-state index is 5.92. The molecule has 24 heavy (non-hydrogen) atoms. The molecule has 5 nitrogen and oxygen atoms in total. The molecule has 2 aliphatic heterocycles. The van der Waals surface area contributed by atoms with Gasteiger partial charge < -0.3 is 9.64 Å². The van der Waals surface area contributed by atoms with Gasteiger partial charge in [-0.2, -0.15) is 0 Å². The van der Waals surface area contributed by atoms with Gasteiger partial charge in [-0.3, -0.25) is 9.88 Å². The number of likely N-dealkylation sites (N-methyl/N-ethyl adjacent to an activating group) is 1. The third kappa shape index (κ3) is 3.41. The average Bonchev–Trinajstić information content (AvgIpc) is 3.07. The smallest absolute Gasteiger partial charge is 0.148 e. The highest BCUT2D eigenvalue weighted by atomic mass is 32.2. The molecule has 0 spiro atoms. The van der Waals surface area contributed by atoms with Crippen LogP contribution in [0.2, 0.25) is 0 Å². The minimum atomic E-state index is 0.283. The molecule has 2 aromatic rings. The Hall–Kier alpha value is -1.63. The number of hydrogen-bond donors (Lipinski definition) is 0. The number of morpholine rings is 1. The van der Waals surface area contributed by atoms with Gasteiger partial charge in [0.25, 0.3) is 0 Å². The summed E-state index contributed by atoms with van der Waals surface area (Å²) in [6.07, 6.45) is 4.00. The zero-order chi connectivity index (χ0) is 16.4. The molecule has 2 atom stereocenters. The van der Waals surface area contributed by atoms with E-state index in [-0.39, 0.29) is 6.10 Å². The molecular weight excluding hydrogens is 320 g/mol. The first-order valence-electron chi connectivity index (χ1n) is 8.35. The van der Waals surface area contributed by atoms with Gasteiger partial charge >= 0.3 is 0 Å². The zero-order valence-electron chi connectivity index (χ0n) is 13.8. The van der Waals surface area contributed by atoms with Crippen molar-refractivity contribution in [3.05, 3.63) is 48.3 Å². The van der Waals surface area contributed by atoms with E-state index in [1.54, 1.807) is 11.8 Å². The number of rotatable bonds is 4. The van der Waals surface area contributed by atoms with Crippen LogP contribution in [0.25, 0.3) is 0 Å². The first-order valence-corrected chi connectivity index (χ1v) is 9.34. The lowest BCUT2D eigenvalue weighted by Gasteiger charge is -2.33. The minimum Gasteiger partial charge on any atom is -0.373 e. The number of hydrogen-bond acceptors (Lipinski definition) is 6. The number of ether oxygens (including phenoxy) is 1. The Bertz CT molecular complexity index is 684. The van der Waals surface area contributed by atoms with Crippen LogP contribution in [0.15, 0.2) is 47.8 Å². The van der Waals surface area contributed by atoms with Crippen LogP contribution in [0.4, 0.5) is 5.82 Å². The fourth-order valence-electron chi connectivity index (χ4n) is 3.34.